The number of nitrogens with zero attached hydrogens (tertiary/aromatic N) is 1. The van der Waals surface area contributed by atoms with Gasteiger partial charge in [0.05, 0.1) is 19.1 Å². The third-order valence-corrected chi connectivity index (χ3v) is 4.63. The summed E-state index contributed by atoms with van der Waals surface area (Å²) in [5.41, 5.74) is 8.44. The second-order valence-electron chi connectivity index (χ2n) is 6.74. The fraction of sp³-hybridized carbons (Fsp3) is 0.381. The minimum atomic E-state index is -0.193. The largest absolute Gasteiger partial charge is 0.375 e. The summed E-state index contributed by atoms with van der Waals surface area (Å²) in [6, 6.07) is 20.0. The molecule has 1 amide bonds. The smallest absolute Gasteiger partial charge is 0.222 e. The molecule has 5 nitrogen and oxygen atoms in total. The number of nitrogens with one attached hydrogen (secondary N) is 1. The number of halogens is 2. The first kappa shape index (κ1) is 24.4. The number of benzene rings is 2. The Morgan fingerprint density at radius 1 is 1.11 bits per heavy atom. The molecule has 0 aliphatic carbocycles. The standard InChI is InChI=1S/C21H27N3O2.2ClH/c22-20(18-9-5-2-6-10-18)14-23-21(25)13-19-16-24(11-12-26-19)15-17-7-3-1-4-8-17;;/h1-10,19-20H,11-16,22H2,(H,23,25);2*1H. The van der Waals surface area contributed by atoms with Gasteiger partial charge in [0.1, 0.15) is 0 Å². The maximum absolute atomic E-state index is 12.2. The summed E-state index contributed by atoms with van der Waals surface area (Å²) < 4.78 is 5.77. The molecule has 154 valence electrons. The van der Waals surface area contributed by atoms with Gasteiger partial charge in [-0.1, -0.05) is 60.7 Å². The van der Waals surface area contributed by atoms with Crippen molar-refractivity contribution in [1.29, 1.82) is 0 Å². The van der Waals surface area contributed by atoms with Crippen molar-refractivity contribution in [2.45, 2.75) is 25.1 Å². The highest BCUT2D eigenvalue weighted by atomic mass is 35.5. The van der Waals surface area contributed by atoms with Crippen LogP contribution in [0.25, 0.3) is 0 Å². The fourth-order valence-corrected chi connectivity index (χ4v) is 3.21. The Bertz CT molecular complexity index is 689. The van der Waals surface area contributed by atoms with Crippen LogP contribution < -0.4 is 11.1 Å². The lowest BCUT2D eigenvalue weighted by molar-refractivity contribution is -0.126. The van der Waals surface area contributed by atoms with E-state index in [-0.39, 0.29) is 42.9 Å². The van der Waals surface area contributed by atoms with Gasteiger partial charge in [-0.25, -0.2) is 0 Å². The molecule has 1 heterocycles. The third kappa shape index (κ3) is 7.78. The zero-order valence-corrected chi connectivity index (χ0v) is 17.5. The van der Waals surface area contributed by atoms with Gasteiger partial charge in [0.25, 0.3) is 0 Å². The minimum absolute atomic E-state index is 0. The molecule has 0 bridgehead atoms. The fourth-order valence-electron chi connectivity index (χ4n) is 3.21. The molecule has 0 aromatic heterocycles. The molecule has 1 aliphatic rings. The van der Waals surface area contributed by atoms with E-state index in [1.54, 1.807) is 0 Å². The first-order chi connectivity index (χ1) is 12.7. The molecule has 7 heteroatoms. The van der Waals surface area contributed by atoms with E-state index in [1.807, 2.05) is 36.4 Å². The van der Waals surface area contributed by atoms with Gasteiger partial charge < -0.3 is 15.8 Å². The highest BCUT2D eigenvalue weighted by Gasteiger charge is 2.23. The van der Waals surface area contributed by atoms with Crippen LogP contribution in [0.15, 0.2) is 60.7 Å². The number of ether oxygens (including phenoxy) is 1. The number of carbonyl (C=O) groups is 1. The molecule has 3 N–H and O–H groups in total. The second-order valence-corrected chi connectivity index (χ2v) is 6.74. The zero-order chi connectivity index (χ0) is 18.2. The number of carbonyl (C=O) groups excluding carboxylic acids is 1. The van der Waals surface area contributed by atoms with Crippen LogP contribution in [0.1, 0.15) is 23.6 Å². The molecule has 0 radical (unpaired) electrons. The molecule has 2 aromatic carbocycles. The van der Waals surface area contributed by atoms with Gasteiger partial charge in [-0.2, -0.15) is 0 Å². The van der Waals surface area contributed by atoms with Crippen molar-refractivity contribution >= 4 is 30.7 Å². The van der Waals surface area contributed by atoms with E-state index < -0.39 is 0 Å². The summed E-state index contributed by atoms with van der Waals surface area (Å²) in [7, 11) is 0. The summed E-state index contributed by atoms with van der Waals surface area (Å²) in [6.45, 7) is 3.65. The van der Waals surface area contributed by atoms with Crippen LogP contribution in [-0.4, -0.2) is 43.2 Å². The van der Waals surface area contributed by atoms with E-state index >= 15 is 0 Å². The van der Waals surface area contributed by atoms with Gasteiger partial charge >= 0.3 is 0 Å². The lowest BCUT2D eigenvalue weighted by Gasteiger charge is -2.32. The molecule has 0 saturated carbocycles. The SMILES string of the molecule is Cl.Cl.NC(CNC(=O)CC1CN(Cc2ccccc2)CCO1)c1ccccc1. The van der Waals surface area contributed by atoms with E-state index in [1.165, 1.54) is 5.56 Å². The molecule has 0 spiro atoms. The summed E-state index contributed by atoms with van der Waals surface area (Å²) in [4.78, 5) is 14.6. The normalized spacial score (nSPS) is 17.7. The maximum atomic E-state index is 12.2. The molecule has 1 aliphatic heterocycles. The zero-order valence-electron chi connectivity index (χ0n) is 15.8. The maximum Gasteiger partial charge on any atom is 0.222 e. The highest BCUT2D eigenvalue weighted by Crippen LogP contribution is 2.13. The predicted molar refractivity (Wildman–Crippen MR) is 117 cm³/mol. The van der Waals surface area contributed by atoms with Crippen molar-refractivity contribution < 1.29 is 9.53 Å². The lowest BCUT2D eigenvalue weighted by Crippen LogP contribution is -2.44. The molecule has 28 heavy (non-hydrogen) atoms. The Morgan fingerprint density at radius 3 is 2.43 bits per heavy atom. The second kappa shape index (κ2) is 12.8. The summed E-state index contributed by atoms with van der Waals surface area (Å²) in [6.07, 6.45) is 0.299. The van der Waals surface area contributed by atoms with Gasteiger partial charge in [0, 0.05) is 32.2 Å². The Kier molecular flexibility index (Phi) is 11.1. The third-order valence-electron chi connectivity index (χ3n) is 4.63. The van der Waals surface area contributed by atoms with E-state index in [2.05, 4.69) is 34.5 Å². The molecule has 2 aromatic rings. The Labute approximate surface area is 179 Å². The van der Waals surface area contributed by atoms with E-state index in [0.29, 0.717) is 19.6 Å². The Morgan fingerprint density at radius 2 is 1.75 bits per heavy atom. The quantitative estimate of drug-likeness (QED) is 0.715. The molecule has 1 saturated heterocycles. The van der Waals surface area contributed by atoms with Gasteiger partial charge in [0.2, 0.25) is 5.91 Å². The van der Waals surface area contributed by atoms with Crippen LogP contribution in [0.2, 0.25) is 0 Å². The van der Waals surface area contributed by atoms with Crippen LogP contribution >= 0.6 is 24.8 Å². The monoisotopic (exact) mass is 425 g/mol. The van der Waals surface area contributed by atoms with Gasteiger partial charge in [0.15, 0.2) is 0 Å². The van der Waals surface area contributed by atoms with Gasteiger partial charge in [-0.05, 0) is 11.1 Å². The molecule has 2 atom stereocenters. The van der Waals surface area contributed by atoms with Crippen LogP contribution in [0.3, 0.4) is 0 Å². The van der Waals surface area contributed by atoms with Crippen molar-refractivity contribution in [1.82, 2.24) is 10.2 Å². The lowest BCUT2D eigenvalue weighted by atomic mass is 10.1. The van der Waals surface area contributed by atoms with Crippen LogP contribution in [-0.2, 0) is 16.1 Å². The average Bonchev–Trinajstić information content (AvgIpc) is 2.68. The molecule has 2 unspecified atom stereocenters. The van der Waals surface area contributed by atoms with Crippen LogP contribution in [0.5, 0.6) is 0 Å². The van der Waals surface area contributed by atoms with E-state index in [4.69, 9.17) is 10.5 Å². The number of morpholine rings is 1. The highest BCUT2D eigenvalue weighted by molar-refractivity contribution is 5.85. The number of hydrogen-bond donors (Lipinski definition) is 2. The predicted octanol–water partition coefficient (Wildman–Crippen LogP) is 2.94. The number of amides is 1. The van der Waals surface area contributed by atoms with Gasteiger partial charge in [-0.3, -0.25) is 9.69 Å². The van der Waals surface area contributed by atoms with Crippen molar-refractivity contribution in [3.63, 3.8) is 0 Å². The van der Waals surface area contributed by atoms with Crippen molar-refractivity contribution in [2.75, 3.05) is 26.2 Å². The molecular weight excluding hydrogens is 397 g/mol. The summed E-state index contributed by atoms with van der Waals surface area (Å²) in [5.74, 6) is -0.0112. The number of nitrogens with two attached hydrogens (primary N) is 1. The van der Waals surface area contributed by atoms with Crippen LogP contribution in [0.4, 0.5) is 0 Å². The first-order valence-corrected chi connectivity index (χ1v) is 9.16. The van der Waals surface area contributed by atoms with Crippen molar-refractivity contribution in [2.24, 2.45) is 5.73 Å². The van der Waals surface area contributed by atoms with E-state index in [0.717, 1.165) is 25.2 Å². The average molecular weight is 426 g/mol. The molecule has 3 rings (SSSR count). The first-order valence-electron chi connectivity index (χ1n) is 9.16. The Balaban J connectivity index is 0.00000196. The van der Waals surface area contributed by atoms with Gasteiger partial charge in [-0.15, -0.1) is 24.8 Å². The van der Waals surface area contributed by atoms with E-state index in [9.17, 15) is 4.79 Å². The minimum Gasteiger partial charge on any atom is -0.375 e. The van der Waals surface area contributed by atoms with Crippen molar-refractivity contribution in [3.8, 4) is 0 Å². The summed E-state index contributed by atoms with van der Waals surface area (Å²) >= 11 is 0. The topological polar surface area (TPSA) is 67.6 Å². The van der Waals surface area contributed by atoms with Crippen LogP contribution in [0, 0.1) is 0 Å². The molecular formula is C21H29Cl2N3O2. The molecule has 1 fully saturated rings. The summed E-state index contributed by atoms with van der Waals surface area (Å²) in [5, 5.41) is 2.93. The van der Waals surface area contributed by atoms with Crippen molar-refractivity contribution in [3.05, 3.63) is 71.8 Å². The number of rotatable bonds is 7. The Hall–Kier alpha value is -1.63. The number of hydrogen-bond acceptors (Lipinski definition) is 4.